The van der Waals surface area contributed by atoms with Crippen LogP contribution in [-0.4, -0.2) is 20.9 Å². The van der Waals surface area contributed by atoms with Gasteiger partial charge in [0.15, 0.2) is 6.29 Å². The first kappa shape index (κ1) is 12.0. The normalized spacial score (nSPS) is 11.0. The lowest BCUT2D eigenvalue weighted by Gasteiger charge is -1.99. The zero-order valence-electron chi connectivity index (χ0n) is 10.5. The fourth-order valence-corrected chi connectivity index (χ4v) is 2.81. The number of carbonyl (C=O) groups excluding carboxylic acids is 1. The molecule has 0 aliphatic heterocycles. The summed E-state index contributed by atoms with van der Waals surface area (Å²) in [5.41, 5.74) is 3.08. The maximum Gasteiger partial charge on any atom is 0.212 e. The smallest absolute Gasteiger partial charge is 0.212 e. The Morgan fingerprint density at radius 3 is 2.79 bits per heavy atom. The molecule has 19 heavy (non-hydrogen) atoms. The van der Waals surface area contributed by atoms with Gasteiger partial charge in [-0.2, -0.15) is 5.10 Å². The molecule has 96 valence electrons. The molecule has 0 aliphatic rings. The van der Waals surface area contributed by atoms with Crippen LogP contribution in [0.1, 0.15) is 26.6 Å². The van der Waals surface area contributed by atoms with Gasteiger partial charge in [-0.05, 0) is 18.9 Å². The number of hydrogen-bond acceptors (Lipinski definition) is 4. The highest BCUT2D eigenvalue weighted by molar-refractivity contribution is 7.16. The van der Waals surface area contributed by atoms with Crippen molar-refractivity contribution in [1.29, 1.82) is 0 Å². The van der Waals surface area contributed by atoms with E-state index in [1.165, 1.54) is 22.5 Å². The van der Waals surface area contributed by atoms with Gasteiger partial charge >= 0.3 is 0 Å². The number of imidazole rings is 1. The number of fused-ring (bicyclic) bond motifs is 1. The Bertz CT molecular complexity index is 712. The van der Waals surface area contributed by atoms with Crippen molar-refractivity contribution in [3.05, 3.63) is 52.3 Å². The molecule has 4 nitrogen and oxygen atoms in total. The third-order valence-corrected chi connectivity index (χ3v) is 4.00. The van der Waals surface area contributed by atoms with Crippen molar-refractivity contribution in [3.63, 3.8) is 0 Å². The molecule has 0 saturated heterocycles. The molecule has 2 aromatic heterocycles. The third-order valence-electron chi connectivity index (χ3n) is 3.02. The second-order valence-electron chi connectivity index (χ2n) is 4.48. The molecular formula is C14H13N3OS. The SMILES string of the molecule is Cc1ccc(CCc2nn3c(C=O)cnc3s2)cc1. The van der Waals surface area contributed by atoms with E-state index in [-0.39, 0.29) is 0 Å². The molecule has 3 aromatic rings. The largest absolute Gasteiger partial charge is 0.296 e. The first-order valence-corrected chi connectivity index (χ1v) is 6.92. The van der Waals surface area contributed by atoms with Gasteiger partial charge in [-0.15, -0.1) is 0 Å². The van der Waals surface area contributed by atoms with Crippen LogP contribution in [0.25, 0.3) is 4.96 Å². The van der Waals surface area contributed by atoms with Gasteiger partial charge in [-0.1, -0.05) is 41.2 Å². The number of aryl methyl sites for hydroxylation is 3. The molecule has 1 aromatic carbocycles. The topological polar surface area (TPSA) is 47.3 Å². The van der Waals surface area contributed by atoms with Crippen molar-refractivity contribution in [1.82, 2.24) is 14.6 Å². The highest BCUT2D eigenvalue weighted by Gasteiger charge is 2.09. The number of aromatic nitrogens is 3. The number of nitrogens with zero attached hydrogens (tertiary/aromatic N) is 3. The second kappa shape index (κ2) is 4.93. The zero-order valence-corrected chi connectivity index (χ0v) is 11.4. The average molecular weight is 271 g/mol. The maximum absolute atomic E-state index is 10.8. The van der Waals surface area contributed by atoms with Gasteiger partial charge < -0.3 is 0 Å². The Kier molecular flexibility index (Phi) is 3.13. The molecule has 0 radical (unpaired) electrons. The Hall–Kier alpha value is -2.01. The summed E-state index contributed by atoms with van der Waals surface area (Å²) in [6.45, 7) is 2.08. The predicted molar refractivity (Wildman–Crippen MR) is 74.8 cm³/mol. The van der Waals surface area contributed by atoms with Gasteiger partial charge in [0, 0.05) is 6.42 Å². The van der Waals surface area contributed by atoms with Crippen molar-refractivity contribution in [2.75, 3.05) is 0 Å². The molecule has 3 rings (SSSR count). The summed E-state index contributed by atoms with van der Waals surface area (Å²) in [7, 11) is 0. The first-order valence-electron chi connectivity index (χ1n) is 6.10. The number of aldehydes is 1. The Morgan fingerprint density at radius 1 is 1.26 bits per heavy atom. The van der Waals surface area contributed by atoms with E-state index in [1.54, 1.807) is 10.7 Å². The number of carbonyl (C=O) groups is 1. The van der Waals surface area contributed by atoms with E-state index in [1.807, 2.05) is 0 Å². The van der Waals surface area contributed by atoms with Crippen molar-refractivity contribution >= 4 is 22.6 Å². The molecule has 0 aliphatic carbocycles. The summed E-state index contributed by atoms with van der Waals surface area (Å²) in [6.07, 6.45) is 4.15. The van der Waals surface area contributed by atoms with Crippen LogP contribution in [0.4, 0.5) is 0 Å². The predicted octanol–water partition coefficient (Wildman–Crippen LogP) is 2.70. The molecule has 5 heteroatoms. The highest BCUT2D eigenvalue weighted by atomic mass is 32.1. The van der Waals surface area contributed by atoms with Crippen LogP contribution in [0.2, 0.25) is 0 Å². The van der Waals surface area contributed by atoms with Gasteiger partial charge in [0.05, 0.1) is 6.20 Å². The second-order valence-corrected chi connectivity index (χ2v) is 5.52. The van der Waals surface area contributed by atoms with Crippen molar-refractivity contribution in [3.8, 4) is 0 Å². The van der Waals surface area contributed by atoms with Crippen LogP contribution in [-0.2, 0) is 12.8 Å². The number of rotatable bonds is 4. The Morgan fingerprint density at radius 2 is 2.05 bits per heavy atom. The van der Waals surface area contributed by atoms with Crippen LogP contribution in [0.3, 0.4) is 0 Å². The van der Waals surface area contributed by atoms with Gasteiger partial charge in [0.2, 0.25) is 4.96 Å². The lowest BCUT2D eigenvalue weighted by molar-refractivity contribution is 0.111. The highest BCUT2D eigenvalue weighted by Crippen LogP contribution is 2.17. The minimum absolute atomic E-state index is 0.507. The van der Waals surface area contributed by atoms with Gasteiger partial charge in [-0.25, -0.2) is 9.50 Å². The van der Waals surface area contributed by atoms with Crippen molar-refractivity contribution < 1.29 is 4.79 Å². The number of benzene rings is 1. The molecule has 0 spiro atoms. The van der Waals surface area contributed by atoms with Gasteiger partial charge in [-0.3, -0.25) is 4.79 Å². The zero-order chi connectivity index (χ0) is 13.2. The summed E-state index contributed by atoms with van der Waals surface area (Å²) in [5.74, 6) is 0. The van der Waals surface area contributed by atoms with E-state index in [9.17, 15) is 4.79 Å². The molecule has 0 fully saturated rings. The van der Waals surface area contributed by atoms with Gasteiger partial charge in [0.1, 0.15) is 10.7 Å². The molecule has 0 atom stereocenters. The maximum atomic E-state index is 10.8. The monoisotopic (exact) mass is 271 g/mol. The molecule has 2 heterocycles. The molecular weight excluding hydrogens is 258 g/mol. The van der Waals surface area contributed by atoms with E-state index >= 15 is 0 Å². The fourth-order valence-electron chi connectivity index (χ4n) is 1.94. The summed E-state index contributed by atoms with van der Waals surface area (Å²) in [4.78, 5) is 15.7. The summed E-state index contributed by atoms with van der Waals surface area (Å²) < 4.78 is 1.61. The lowest BCUT2D eigenvalue weighted by atomic mass is 10.1. The molecule has 0 bridgehead atoms. The number of hydrogen-bond donors (Lipinski definition) is 0. The van der Waals surface area contributed by atoms with E-state index < -0.39 is 0 Å². The summed E-state index contributed by atoms with van der Waals surface area (Å²) in [6, 6.07) is 8.53. The fraction of sp³-hybridized carbons (Fsp3) is 0.214. The third kappa shape index (κ3) is 2.42. The lowest BCUT2D eigenvalue weighted by Crippen LogP contribution is -1.95. The molecule has 0 amide bonds. The Balaban J connectivity index is 1.76. The van der Waals surface area contributed by atoms with E-state index in [0.29, 0.717) is 5.69 Å². The molecule has 0 unspecified atom stereocenters. The summed E-state index contributed by atoms with van der Waals surface area (Å²) >= 11 is 1.54. The van der Waals surface area contributed by atoms with Crippen LogP contribution in [0.5, 0.6) is 0 Å². The average Bonchev–Trinajstić information content (AvgIpc) is 2.97. The molecule has 0 N–H and O–H groups in total. The van der Waals surface area contributed by atoms with Crippen LogP contribution < -0.4 is 0 Å². The summed E-state index contributed by atoms with van der Waals surface area (Å²) in [5, 5.41) is 5.42. The first-order chi connectivity index (χ1) is 9.26. The quantitative estimate of drug-likeness (QED) is 0.685. The van der Waals surface area contributed by atoms with Crippen molar-refractivity contribution in [2.24, 2.45) is 0 Å². The van der Waals surface area contributed by atoms with Gasteiger partial charge in [0.25, 0.3) is 0 Å². The molecule has 0 saturated carbocycles. The van der Waals surface area contributed by atoms with E-state index in [2.05, 4.69) is 41.3 Å². The minimum Gasteiger partial charge on any atom is -0.296 e. The Labute approximate surface area is 114 Å². The van der Waals surface area contributed by atoms with Crippen LogP contribution in [0, 0.1) is 6.92 Å². The van der Waals surface area contributed by atoms with Crippen LogP contribution >= 0.6 is 11.3 Å². The van der Waals surface area contributed by atoms with E-state index in [0.717, 1.165) is 29.1 Å². The van der Waals surface area contributed by atoms with Crippen molar-refractivity contribution in [2.45, 2.75) is 19.8 Å². The standard InChI is InChI=1S/C14H13N3OS/c1-10-2-4-11(5-3-10)6-7-13-16-17-12(9-18)8-15-14(17)19-13/h2-5,8-9H,6-7H2,1H3. The minimum atomic E-state index is 0.507. The van der Waals surface area contributed by atoms with E-state index in [4.69, 9.17) is 0 Å². The van der Waals surface area contributed by atoms with Crippen LogP contribution in [0.15, 0.2) is 30.5 Å².